The van der Waals surface area contributed by atoms with Crippen molar-refractivity contribution in [3.05, 3.63) is 24.0 Å². The van der Waals surface area contributed by atoms with Crippen LogP contribution >= 0.6 is 0 Å². The zero-order valence-corrected chi connectivity index (χ0v) is 13.9. The van der Waals surface area contributed by atoms with Gasteiger partial charge in [-0.2, -0.15) is 0 Å². The van der Waals surface area contributed by atoms with Crippen LogP contribution in [0.15, 0.2) is 18.5 Å². The van der Waals surface area contributed by atoms with E-state index in [1.54, 1.807) is 17.3 Å². The molecule has 23 heavy (non-hydrogen) atoms. The molecule has 0 aliphatic carbocycles. The molecule has 0 atom stereocenters. The minimum absolute atomic E-state index is 0.0929. The molecule has 7 nitrogen and oxygen atoms in total. The van der Waals surface area contributed by atoms with Gasteiger partial charge in [0, 0.05) is 38.9 Å². The Bertz CT molecular complexity index is 527. The number of piperazine rings is 1. The van der Waals surface area contributed by atoms with Crippen molar-refractivity contribution in [2.24, 2.45) is 0 Å². The molecule has 2 rings (SSSR count). The fourth-order valence-electron chi connectivity index (χ4n) is 2.51. The molecule has 1 aromatic heterocycles. The number of hydrogen-bond donors (Lipinski definition) is 1. The third-order valence-electron chi connectivity index (χ3n) is 3.88. The van der Waals surface area contributed by atoms with Crippen molar-refractivity contribution >= 4 is 18.0 Å². The molecule has 2 amide bonds. The van der Waals surface area contributed by atoms with Crippen molar-refractivity contribution in [2.75, 3.05) is 58.3 Å². The molecule has 0 aromatic carbocycles. The van der Waals surface area contributed by atoms with Crippen molar-refractivity contribution in [1.82, 2.24) is 20.1 Å². The largest absolute Gasteiger partial charge is 0.367 e. The minimum Gasteiger partial charge on any atom is -0.367 e. The predicted octanol–water partition coefficient (Wildman–Crippen LogP) is 0.0415. The number of amides is 2. The van der Waals surface area contributed by atoms with Gasteiger partial charge in [0.05, 0.1) is 17.4 Å². The van der Waals surface area contributed by atoms with E-state index >= 15 is 0 Å². The van der Waals surface area contributed by atoms with Gasteiger partial charge in [0.15, 0.2) is 0 Å². The Balaban J connectivity index is 1.89. The standard InChI is InChI=1S/C16H25N5O2/c1-19(2)5-3-4-18-16(23)14-10-15(12-17-11-14)21-8-6-20(13-22)7-9-21/h10-13H,3-9H2,1-2H3,(H,18,23). The van der Waals surface area contributed by atoms with Crippen LogP contribution in [0.4, 0.5) is 5.69 Å². The number of rotatable bonds is 7. The van der Waals surface area contributed by atoms with Gasteiger partial charge in [-0.05, 0) is 33.1 Å². The molecule has 0 unspecified atom stereocenters. The van der Waals surface area contributed by atoms with Gasteiger partial charge in [-0.3, -0.25) is 14.6 Å². The fraction of sp³-hybridized carbons (Fsp3) is 0.562. The summed E-state index contributed by atoms with van der Waals surface area (Å²) in [6, 6.07) is 1.87. The van der Waals surface area contributed by atoms with Crippen molar-refractivity contribution in [2.45, 2.75) is 6.42 Å². The maximum atomic E-state index is 12.2. The number of pyridine rings is 1. The average Bonchev–Trinajstić information content (AvgIpc) is 2.58. The summed E-state index contributed by atoms with van der Waals surface area (Å²) in [6.07, 6.45) is 5.15. The quantitative estimate of drug-likeness (QED) is 0.568. The zero-order valence-electron chi connectivity index (χ0n) is 13.9. The van der Waals surface area contributed by atoms with Crippen molar-refractivity contribution in [3.63, 3.8) is 0 Å². The van der Waals surface area contributed by atoms with Gasteiger partial charge in [-0.15, -0.1) is 0 Å². The molecule has 7 heteroatoms. The molecule has 0 radical (unpaired) electrons. The highest BCUT2D eigenvalue weighted by Gasteiger charge is 2.17. The smallest absolute Gasteiger partial charge is 0.252 e. The lowest BCUT2D eigenvalue weighted by Crippen LogP contribution is -2.45. The van der Waals surface area contributed by atoms with Crippen LogP contribution in [0.5, 0.6) is 0 Å². The predicted molar refractivity (Wildman–Crippen MR) is 89.6 cm³/mol. The van der Waals surface area contributed by atoms with Crippen LogP contribution in [-0.4, -0.2) is 80.5 Å². The van der Waals surface area contributed by atoms with Crippen LogP contribution in [-0.2, 0) is 4.79 Å². The lowest BCUT2D eigenvalue weighted by Gasteiger charge is -2.34. The van der Waals surface area contributed by atoms with Crippen molar-refractivity contribution < 1.29 is 9.59 Å². The number of nitrogens with zero attached hydrogens (tertiary/aromatic N) is 4. The molecule has 1 aromatic rings. The van der Waals surface area contributed by atoms with Crippen LogP contribution in [0.25, 0.3) is 0 Å². The first kappa shape index (κ1) is 17.2. The molecular weight excluding hydrogens is 294 g/mol. The maximum absolute atomic E-state index is 12.2. The van der Waals surface area contributed by atoms with E-state index in [1.165, 1.54) is 0 Å². The van der Waals surface area contributed by atoms with E-state index in [0.29, 0.717) is 25.2 Å². The number of nitrogens with one attached hydrogen (secondary N) is 1. The van der Waals surface area contributed by atoms with Crippen LogP contribution in [0, 0.1) is 0 Å². The second kappa shape index (κ2) is 8.47. The molecule has 1 N–H and O–H groups in total. The van der Waals surface area contributed by atoms with Gasteiger partial charge < -0.3 is 20.0 Å². The second-order valence-corrected chi connectivity index (χ2v) is 5.97. The highest BCUT2D eigenvalue weighted by Crippen LogP contribution is 2.16. The normalized spacial score (nSPS) is 14.9. The molecular formula is C16H25N5O2. The first-order valence-corrected chi connectivity index (χ1v) is 7.92. The molecule has 1 saturated heterocycles. The van der Waals surface area contributed by atoms with Crippen LogP contribution in [0.3, 0.4) is 0 Å². The first-order valence-electron chi connectivity index (χ1n) is 7.92. The van der Waals surface area contributed by atoms with E-state index in [4.69, 9.17) is 0 Å². The van der Waals surface area contributed by atoms with Crippen LogP contribution in [0.2, 0.25) is 0 Å². The average molecular weight is 319 g/mol. The molecule has 1 aliphatic rings. The summed E-state index contributed by atoms with van der Waals surface area (Å²) in [7, 11) is 4.03. The highest BCUT2D eigenvalue weighted by atomic mass is 16.1. The van der Waals surface area contributed by atoms with Gasteiger partial charge >= 0.3 is 0 Å². The van der Waals surface area contributed by atoms with E-state index < -0.39 is 0 Å². The second-order valence-electron chi connectivity index (χ2n) is 5.97. The third-order valence-corrected chi connectivity index (χ3v) is 3.88. The van der Waals surface area contributed by atoms with Crippen molar-refractivity contribution in [3.8, 4) is 0 Å². The van der Waals surface area contributed by atoms with E-state index in [2.05, 4.69) is 20.1 Å². The first-order chi connectivity index (χ1) is 11.1. The SMILES string of the molecule is CN(C)CCCNC(=O)c1cncc(N2CCN(C=O)CC2)c1. The summed E-state index contributed by atoms with van der Waals surface area (Å²) in [6.45, 7) is 4.51. The number of carbonyl (C=O) groups excluding carboxylic acids is 2. The molecule has 0 spiro atoms. The van der Waals surface area contributed by atoms with E-state index in [-0.39, 0.29) is 5.91 Å². The third kappa shape index (κ3) is 5.21. The number of aromatic nitrogens is 1. The van der Waals surface area contributed by atoms with Crippen LogP contribution in [0.1, 0.15) is 16.8 Å². The van der Waals surface area contributed by atoms with E-state index in [1.807, 2.05) is 20.2 Å². The van der Waals surface area contributed by atoms with Gasteiger partial charge in [0.2, 0.25) is 6.41 Å². The molecule has 1 aliphatic heterocycles. The lowest BCUT2D eigenvalue weighted by molar-refractivity contribution is -0.118. The fourth-order valence-corrected chi connectivity index (χ4v) is 2.51. The Morgan fingerprint density at radius 2 is 2.04 bits per heavy atom. The number of carbonyl (C=O) groups is 2. The van der Waals surface area contributed by atoms with Crippen molar-refractivity contribution in [1.29, 1.82) is 0 Å². The summed E-state index contributed by atoms with van der Waals surface area (Å²) >= 11 is 0. The maximum Gasteiger partial charge on any atom is 0.252 e. The number of anilines is 1. The Morgan fingerprint density at radius 3 is 2.70 bits per heavy atom. The summed E-state index contributed by atoms with van der Waals surface area (Å²) in [5.41, 5.74) is 1.50. The Morgan fingerprint density at radius 1 is 1.30 bits per heavy atom. The Hall–Kier alpha value is -2.15. The summed E-state index contributed by atoms with van der Waals surface area (Å²) < 4.78 is 0. The van der Waals surface area contributed by atoms with Crippen LogP contribution < -0.4 is 10.2 Å². The monoisotopic (exact) mass is 319 g/mol. The summed E-state index contributed by atoms with van der Waals surface area (Å²) in [4.78, 5) is 33.1. The summed E-state index contributed by atoms with van der Waals surface area (Å²) in [5.74, 6) is -0.0929. The van der Waals surface area contributed by atoms with Gasteiger partial charge in [0.1, 0.15) is 0 Å². The Labute approximate surface area is 137 Å². The molecule has 0 bridgehead atoms. The molecule has 0 saturated carbocycles. The van der Waals surface area contributed by atoms with E-state index in [0.717, 1.165) is 38.2 Å². The number of hydrogen-bond acceptors (Lipinski definition) is 5. The molecule has 2 heterocycles. The van der Waals surface area contributed by atoms with Gasteiger partial charge in [0.25, 0.3) is 5.91 Å². The molecule has 126 valence electrons. The summed E-state index contributed by atoms with van der Waals surface area (Å²) in [5, 5.41) is 2.92. The topological polar surface area (TPSA) is 68.8 Å². The van der Waals surface area contributed by atoms with Gasteiger partial charge in [-0.25, -0.2) is 0 Å². The Kier molecular flexibility index (Phi) is 6.34. The zero-order chi connectivity index (χ0) is 16.7. The molecule has 1 fully saturated rings. The van der Waals surface area contributed by atoms with E-state index in [9.17, 15) is 9.59 Å². The lowest BCUT2D eigenvalue weighted by atomic mass is 10.2. The minimum atomic E-state index is -0.0929. The van der Waals surface area contributed by atoms with Gasteiger partial charge in [-0.1, -0.05) is 0 Å². The highest BCUT2D eigenvalue weighted by molar-refractivity contribution is 5.94.